The summed E-state index contributed by atoms with van der Waals surface area (Å²) >= 11 is 3.32. The van der Waals surface area contributed by atoms with Gasteiger partial charge in [0.2, 0.25) is 5.78 Å². The average Bonchev–Trinajstić information content (AvgIpc) is 3.16. The number of rotatable bonds is 8. The van der Waals surface area contributed by atoms with Gasteiger partial charge in [0.1, 0.15) is 17.3 Å². The van der Waals surface area contributed by atoms with Gasteiger partial charge in [-0.2, -0.15) is 0 Å². The summed E-state index contributed by atoms with van der Waals surface area (Å²) in [6, 6.07) is 4.45. The van der Waals surface area contributed by atoms with Gasteiger partial charge in [-0.25, -0.2) is 8.42 Å². The molecule has 146 valence electrons. The van der Waals surface area contributed by atoms with E-state index in [0.29, 0.717) is 5.76 Å². The van der Waals surface area contributed by atoms with Crippen molar-refractivity contribution in [2.24, 2.45) is 0 Å². The van der Waals surface area contributed by atoms with E-state index in [-0.39, 0.29) is 50.8 Å². The first-order valence-electron chi connectivity index (χ1n) is 8.33. The molecule has 0 bridgehead atoms. The third kappa shape index (κ3) is 4.09. The van der Waals surface area contributed by atoms with E-state index in [9.17, 15) is 13.2 Å². The van der Waals surface area contributed by atoms with E-state index < -0.39 is 9.84 Å². The van der Waals surface area contributed by atoms with Crippen LogP contribution in [0.3, 0.4) is 0 Å². The number of nitrogens with zero attached hydrogens (tertiary/aromatic N) is 1. The highest BCUT2D eigenvalue weighted by atomic mass is 79.9. The Kier molecular flexibility index (Phi) is 5.47. The zero-order valence-corrected chi connectivity index (χ0v) is 17.6. The summed E-state index contributed by atoms with van der Waals surface area (Å²) in [7, 11) is -2.04. The van der Waals surface area contributed by atoms with Crippen LogP contribution >= 0.6 is 15.9 Å². The standard InChI is InChI=1S/C18H20BrNO6S/c1-18(6-7-18)14-10-12(20-26-14)16(21)11-4-5-13(27(3,22)23)17(15(11)19)25-9-8-24-2/h4-5,10H,6-9H2,1-3H3. The number of hydrogen-bond donors (Lipinski definition) is 0. The Balaban J connectivity index is 1.98. The van der Waals surface area contributed by atoms with Crippen molar-refractivity contribution in [2.75, 3.05) is 26.6 Å². The Morgan fingerprint density at radius 1 is 1.33 bits per heavy atom. The lowest BCUT2D eigenvalue weighted by atomic mass is 10.0. The molecule has 0 unspecified atom stereocenters. The topological polar surface area (TPSA) is 95.7 Å². The summed E-state index contributed by atoms with van der Waals surface area (Å²) in [6.07, 6.45) is 3.08. The summed E-state index contributed by atoms with van der Waals surface area (Å²) in [6.45, 7) is 2.47. The van der Waals surface area contributed by atoms with E-state index in [2.05, 4.69) is 28.0 Å². The van der Waals surface area contributed by atoms with Crippen LogP contribution in [0.5, 0.6) is 5.75 Å². The lowest BCUT2D eigenvalue weighted by molar-refractivity contribution is 0.102. The maximum atomic E-state index is 12.9. The number of benzene rings is 1. The number of methoxy groups -OCH3 is 1. The predicted molar refractivity (Wildman–Crippen MR) is 101 cm³/mol. The molecule has 1 heterocycles. The van der Waals surface area contributed by atoms with Crippen molar-refractivity contribution >= 4 is 31.6 Å². The van der Waals surface area contributed by atoms with Crippen LogP contribution in [0.4, 0.5) is 0 Å². The molecular weight excluding hydrogens is 438 g/mol. The Bertz CT molecular complexity index is 978. The van der Waals surface area contributed by atoms with E-state index in [4.69, 9.17) is 14.0 Å². The van der Waals surface area contributed by atoms with Gasteiger partial charge in [0.15, 0.2) is 21.3 Å². The minimum Gasteiger partial charge on any atom is -0.489 e. The molecule has 1 saturated carbocycles. The molecule has 1 aliphatic rings. The van der Waals surface area contributed by atoms with Crippen molar-refractivity contribution in [3.63, 3.8) is 0 Å². The minimum absolute atomic E-state index is 0.00615. The third-order valence-electron chi connectivity index (χ3n) is 4.58. The highest BCUT2D eigenvalue weighted by molar-refractivity contribution is 9.10. The fraction of sp³-hybridized carbons (Fsp3) is 0.444. The first-order valence-corrected chi connectivity index (χ1v) is 11.0. The quantitative estimate of drug-likeness (QED) is 0.443. The number of halogens is 1. The highest BCUT2D eigenvalue weighted by Gasteiger charge is 2.43. The normalized spacial score (nSPS) is 15.6. The molecule has 7 nitrogen and oxygen atoms in total. The lowest BCUT2D eigenvalue weighted by Crippen LogP contribution is -2.11. The van der Waals surface area contributed by atoms with Crippen LogP contribution in [-0.2, 0) is 20.0 Å². The molecule has 0 amide bonds. The molecule has 2 aromatic rings. The maximum Gasteiger partial charge on any atom is 0.216 e. The monoisotopic (exact) mass is 457 g/mol. The van der Waals surface area contributed by atoms with Gasteiger partial charge in [0, 0.05) is 30.4 Å². The number of carbonyl (C=O) groups excluding carboxylic acids is 1. The van der Waals surface area contributed by atoms with Gasteiger partial charge in [-0.1, -0.05) is 12.1 Å². The fourth-order valence-electron chi connectivity index (χ4n) is 2.61. The van der Waals surface area contributed by atoms with Crippen molar-refractivity contribution in [2.45, 2.75) is 30.1 Å². The molecule has 1 fully saturated rings. The van der Waals surface area contributed by atoms with Gasteiger partial charge in [0.25, 0.3) is 0 Å². The predicted octanol–water partition coefficient (Wildman–Crippen LogP) is 3.15. The second kappa shape index (κ2) is 7.37. The smallest absolute Gasteiger partial charge is 0.216 e. The Hall–Kier alpha value is -1.71. The average molecular weight is 458 g/mol. The third-order valence-corrected chi connectivity index (χ3v) is 6.48. The number of sulfone groups is 1. The van der Waals surface area contributed by atoms with E-state index in [1.807, 2.05) is 0 Å². The zero-order chi connectivity index (χ0) is 19.8. The van der Waals surface area contributed by atoms with Gasteiger partial charge < -0.3 is 14.0 Å². The number of ether oxygens (including phenoxy) is 2. The van der Waals surface area contributed by atoms with Crippen LogP contribution in [0.25, 0.3) is 0 Å². The second-order valence-corrected chi connectivity index (χ2v) is 9.61. The highest BCUT2D eigenvalue weighted by Crippen LogP contribution is 2.47. The van der Waals surface area contributed by atoms with Gasteiger partial charge in [0.05, 0.1) is 11.1 Å². The van der Waals surface area contributed by atoms with Gasteiger partial charge in [-0.3, -0.25) is 4.79 Å². The van der Waals surface area contributed by atoms with Crippen molar-refractivity contribution in [3.8, 4) is 5.75 Å². The molecule has 0 aliphatic heterocycles. The maximum absolute atomic E-state index is 12.9. The van der Waals surface area contributed by atoms with Crippen LogP contribution in [0.15, 0.2) is 32.1 Å². The van der Waals surface area contributed by atoms with Crippen molar-refractivity contribution in [1.29, 1.82) is 0 Å². The van der Waals surface area contributed by atoms with Crippen LogP contribution < -0.4 is 4.74 Å². The van der Waals surface area contributed by atoms with E-state index in [1.54, 1.807) is 6.07 Å². The molecule has 0 N–H and O–H groups in total. The van der Waals surface area contributed by atoms with Crippen LogP contribution in [-0.4, -0.2) is 45.9 Å². The number of ketones is 1. The summed E-state index contributed by atoms with van der Waals surface area (Å²) in [5.41, 5.74) is 0.376. The zero-order valence-electron chi connectivity index (χ0n) is 15.2. The van der Waals surface area contributed by atoms with E-state index in [0.717, 1.165) is 19.1 Å². The SMILES string of the molecule is COCCOc1c(S(C)(=O)=O)ccc(C(=O)c2cc(C3(C)CC3)on2)c1Br. The molecule has 0 spiro atoms. The number of carbonyl (C=O) groups is 1. The first-order chi connectivity index (χ1) is 12.7. The Morgan fingerprint density at radius 3 is 2.63 bits per heavy atom. The van der Waals surface area contributed by atoms with Crippen molar-refractivity contribution < 1.29 is 27.2 Å². The Morgan fingerprint density at radius 2 is 2.04 bits per heavy atom. The molecular formula is C18H20BrNO6S. The first kappa shape index (κ1) is 20.0. The number of hydrogen-bond acceptors (Lipinski definition) is 7. The minimum atomic E-state index is -3.55. The second-order valence-electron chi connectivity index (χ2n) is 6.83. The molecule has 1 aliphatic carbocycles. The summed E-state index contributed by atoms with van der Waals surface area (Å²) in [5.74, 6) is 0.391. The molecule has 1 aromatic heterocycles. The molecule has 27 heavy (non-hydrogen) atoms. The van der Waals surface area contributed by atoms with Gasteiger partial charge in [-0.05, 0) is 40.9 Å². The van der Waals surface area contributed by atoms with Gasteiger partial charge >= 0.3 is 0 Å². The molecule has 1 aromatic carbocycles. The van der Waals surface area contributed by atoms with Crippen molar-refractivity contribution in [1.82, 2.24) is 5.16 Å². The van der Waals surface area contributed by atoms with Crippen LogP contribution in [0.1, 0.15) is 41.6 Å². The number of aromatic nitrogens is 1. The van der Waals surface area contributed by atoms with E-state index >= 15 is 0 Å². The summed E-state index contributed by atoms with van der Waals surface area (Å²) < 4.78 is 40.2. The van der Waals surface area contributed by atoms with Crippen LogP contribution in [0.2, 0.25) is 0 Å². The molecule has 3 rings (SSSR count). The summed E-state index contributed by atoms with van der Waals surface area (Å²) in [4.78, 5) is 12.9. The van der Waals surface area contributed by atoms with E-state index in [1.165, 1.54) is 19.2 Å². The fourth-order valence-corrected chi connectivity index (χ4v) is 4.19. The summed E-state index contributed by atoms with van der Waals surface area (Å²) in [5, 5.41) is 3.89. The lowest BCUT2D eigenvalue weighted by Gasteiger charge is -2.14. The largest absolute Gasteiger partial charge is 0.489 e. The van der Waals surface area contributed by atoms with Crippen LogP contribution in [0, 0.1) is 0 Å². The molecule has 0 radical (unpaired) electrons. The Labute approximate surface area is 166 Å². The molecule has 0 atom stereocenters. The van der Waals surface area contributed by atoms with Gasteiger partial charge in [-0.15, -0.1) is 0 Å². The molecule has 0 saturated heterocycles. The van der Waals surface area contributed by atoms with Crippen molar-refractivity contribution in [3.05, 3.63) is 39.7 Å². The molecule has 9 heteroatoms.